The van der Waals surface area contributed by atoms with Crippen LogP contribution in [-0.4, -0.2) is 36.9 Å². The fourth-order valence-corrected chi connectivity index (χ4v) is 5.20. The Morgan fingerprint density at radius 1 is 1.21 bits per heavy atom. The zero-order valence-corrected chi connectivity index (χ0v) is 25.8. The van der Waals surface area contributed by atoms with E-state index in [2.05, 4.69) is 10.5 Å². The molecule has 2 amide bonds. The van der Waals surface area contributed by atoms with E-state index >= 15 is 0 Å². The van der Waals surface area contributed by atoms with Crippen molar-refractivity contribution >= 4 is 63.8 Å². The topological polar surface area (TPSA) is 102 Å². The van der Waals surface area contributed by atoms with Crippen LogP contribution in [0.1, 0.15) is 62.2 Å². The fraction of sp³-hybridized carbons (Fsp3) is 0.379. The first-order valence-corrected chi connectivity index (χ1v) is 14.0. The second-order valence-corrected chi connectivity index (χ2v) is 12.2. The van der Waals surface area contributed by atoms with Gasteiger partial charge >= 0.3 is 0 Å². The minimum Gasteiger partial charge on any atom is -0.495 e. The number of hydrogen-bond donors (Lipinski definition) is 1. The van der Waals surface area contributed by atoms with Gasteiger partial charge in [0.25, 0.3) is 5.91 Å². The van der Waals surface area contributed by atoms with Crippen molar-refractivity contribution in [1.29, 1.82) is 0 Å². The highest BCUT2D eigenvalue weighted by Crippen LogP contribution is 2.35. The van der Waals surface area contributed by atoms with Crippen molar-refractivity contribution in [3.63, 3.8) is 0 Å². The molecule has 0 aliphatic heterocycles. The largest absolute Gasteiger partial charge is 0.495 e. The SMILES string of the molecule is COc1ccc(C(C=O)Cc2cc(NC(=O)c3c(Cl)cccc3I)no2)cc1N(CC(C)C)C(=O)C(C)(C)C. The molecule has 1 atom stereocenters. The van der Waals surface area contributed by atoms with Crippen molar-refractivity contribution in [2.24, 2.45) is 11.3 Å². The summed E-state index contributed by atoms with van der Waals surface area (Å²) in [6, 6.07) is 12.2. The first-order chi connectivity index (χ1) is 18.3. The lowest BCUT2D eigenvalue weighted by Gasteiger charge is -2.32. The number of halogens is 2. The molecule has 3 aromatic rings. The van der Waals surface area contributed by atoms with Crippen molar-refractivity contribution in [2.45, 2.75) is 47.0 Å². The molecule has 0 fully saturated rings. The molecule has 2 aromatic carbocycles. The van der Waals surface area contributed by atoms with E-state index in [4.69, 9.17) is 20.9 Å². The van der Waals surface area contributed by atoms with E-state index in [1.165, 1.54) is 0 Å². The molecule has 1 N–H and O–H groups in total. The number of carbonyl (C=O) groups is 3. The standard InChI is InChI=1S/C29H33ClIN3O5/c1-17(2)15-34(28(37)29(3,4)5)23-13-18(10-11-24(23)38-6)19(16-35)12-20-14-25(33-39-20)32-27(36)26-21(30)8-7-9-22(26)31/h7-11,13-14,16-17,19H,12,15H2,1-6H3,(H,32,33,36). The highest BCUT2D eigenvalue weighted by atomic mass is 127. The number of methoxy groups -OCH3 is 1. The predicted octanol–water partition coefficient (Wildman–Crippen LogP) is 6.75. The number of benzene rings is 2. The lowest BCUT2D eigenvalue weighted by Crippen LogP contribution is -2.42. The van der Waals surface area contributed by atoms with E-state index in [0.29, 0.717) is 43.5 Å². The number of rotatable bonds is 10. The van der Waals surface area contributed by atoms with Gasteiger partial charge in [0.05, 0.1) is 23.4 Å². The number of aromatic nitrogens is 1. The Balaban J connectivity index is 1.87. The van der Waals surface area contributed by atoms with E-state index in [9.17, 15) is 14.4 Å². The number of hydrogen-bond acceptors (Lipinski definition) is 6. The Kier molecular flexibility index (Phi) is 10.2. The van der Waals surface area contributed by atoms with Crippen molar-refractivity contribution in [3.05, 3.63) is 67.9 Å². The first kappa shape index (κ1) is 30.6. The minimum absolute atomic E-state index is 0.0434. The number of aldehydes is 1. The second kappa shape index (κ2) is 13.0. The third-order valence-electron chi connectivity index (χ3n) is 5.93. The van der Waals surface area contributed by atoms with Crippen LogP contribution in [0, 0.1) is 14.9 Å². The van der Waals surface area contributed by atoms with Gasteiger partial charge in [-0.1, -0.05) is 63.5 Å². The van der Waals surface area contributed by atoms with Gasteiger partial charge in [-0.2, -0.15) is 0 Å². The molecule has 0 radical (unpaired) electrons. The average molecular weight is 666 g/mol. The average Bonchev–Trinajstić information content (AvgIpc) is 3.31. The zero-order chi connectivity index (χ0) is 28.9. The van der Waals surface area contributed by atoms with Crippen LogP contribution in [0.4, 0.5) is 11.5 Å². The monoisotopic (exact) mass is 665 g/mol. The summed E-state index contributed by atoms with van der Waals surface area (Å²) in [4.78, 5) is 40.1. The molecule has 0 bridgehead atoms. The van der Waals surface area contributed by atoms with Gasteiger partial charge in [0.1, 0.15) is 17.8 Å². The molecular weight excluding hydrogens is 633 g/mol. The van der Waals surface area contributed by atoms with Crippen LogP contribution in [0.2, 0.25) is 5.02 Å². The number of nitrogens with zero attached hydrogens (tertiary/aromatic N) is 2. The van der Waals surface area contributed by atoms with E-state index < -0.39 is 17.2 Å². The van der Waals surface area contributed by atoms with Gasteiger partial charge in [-0.3, -0.25) is 9.59 Å². The van der Waals surface area contributed by atoms with Crippen molar-refractivity contribution < 1.29 is 23.6 Å². The van der Waals surface area contributed by atoms with E-state index in [1.54, 1.807) is 48.4 Å². The molecule has 8 nitrogen and oxygen atoms in total. The summed E-state index contributed by atoms with van der Waals surface area (Å²) < 4.78 is 11.7. The third kappa shape index (κ3) is 7.60. The molecule has 1 aromatic heterocycles. The lowest BCUT2D eigenvalue weighted by molar-refractivity contribution is -0.125. The minimum atomic E-state index is -0.608. The lowest BCUT2D eigenvalue weighted by atomic mass is 9.92. The van der Waals surface area contributed by atoms with E-state index in [0.717, 1.165) is 6.29 Å². The summed E-state index contributed by atoms with van der Waals surface area (Å²) >= 11 is 8.24. The molecule has 0 aliphatic carbocycles. The number of nitrogens with one attached hydrogen (secondary N) is 1. The van der Waals surface area contributed by atoms with Gasteiger partial charge < -0.3 is 24.3 Å². The molecular formula is C29H33ClIN3O5. The number of carbonyl (C=O) groups excluding carboxylic acids is 3. The van der Waals surface area contributed by atoms with E-state index in [1.807, 2.05) is 63.3 Å². The maximum absolute atomic E-state index is 13.4. The summed E-state index contributed by atoms with van der Waals surface area (Å²) in [5.74, 6) is 0.344. The zero-order valence-electron chi connectivity index (χ0n) is 22.9. The van der Waals surface area contributed by atoms with E-state index in [-0.39, 0.29) is 24.1 Å². The van der Waals surface area contributed by atoms with Crippen molar-refractivity contribution in [3.8, 4) is 5.75 Å². The smallest absolute Gasteiger partial charge is 0.259 e. The van der Waals surface area contributed by atoms with Crippen molar-refractivity contribution in [2.75, 3.05) is 23.9 Å². The first-order valence-electron chi connectivity index (χ1n) is 12.5. The number of anilines is 2. The molecule has 0 saturated heterocycles. The summed E-state index contributed by atoms with van der Waals surface area (Å²) in [5, 5.41) is 6.96. The molecule has 10 heteroatoms. The number of ether oxygens (including phenoxy) is 1. The highest BCUT2D eigenvalue weighted by Gasteiger charge is 2.31. The van der Waals surface area contributed by atoms with Gasteiger partial charge in [-0.25, -0.2) is 0 Å². The summed E-state index contributed by atoms with van der Waals surface area (Å²) in [7, 11) is 1.55. The molecule has 0 saturated carbocycles. The molecule has 3 rings (SSSR count). The van der Waals surface area contributed by atoms with Gasteiger partial charge in [-0.05, 0) is 58.3 Å². The summed E-state index contributed by atoms with van der Waals surface area (Å²) in [6.45, 7) is 10.2. The Hall–Kier alpha value is -2.92. The second-order valence-electron chi connectivity index (χ2n) is 10.7. The Morgan fingerprint density at radius 3 is 2.51 bits per heavy atom. The van der Waals surface area contributed by atoms with Crippen LogP contribution < -0.4 is 15.0 Å². The Morgan fingerprint density at radius 2 is 1.92 bits per heavy atom. The molecule has 1 heterocycles. The summed E-state index contributed by atoms with van der Waals surface area (Å²) in [5.41, 5.74) is 1.04. The number of amides is 2. The molecule has 0 spiro atoms. The van der Waals surface area contributed by atoms with Gasteiger partial charge in [0.2, 0.25) is 5.91 Å². The highest BCUT2D eigenvalue weighted by molar-refractivity contribution is 14.1. The Labute approximate surface area is 247 Å². The summed E-state index contributed by atoms with van der Waals surface area (Å²) in [6.07, 6.45) is 1.04. The van der Waals surface area contributed by atoms with Crippen LogP contribution in [0.3, 0.4) is 0 Å². The van der Waals surface area contributed by atoms with Gasteiger partial charge in [0.15, 0.2) is 5.82 Å². The molecule has 208 valence electrons. The van der Waals surface area contributed by atoms with Crippen LogP contribution >= 0.6 is 34.2 Å². The molecule has 39 heavy (non-hydrogen) atoms. The van der Waals surface area contributed by atoms with Crippen LogP contribution in [0.5, 0.6) is 5.75 Å². The quantitative estimate of drug-likeness (QED) is 0.190. The maximum atomic E-state index is 13.4. The normalized spacial score (nSPS) is 12.2. The van der Waals surface area contributed by atoms with Crippen molar-refractivity contribution in [1.82, 2.24) is 5.16 Å². The Bertz CT molecular complexity index is 1330. The van der Waals surface area contributed by atoms with Crippen LogP contribution in [0.25, 0.3) is 0 Å². The van der Waals surface area contributed by atoms with Gasteiger partial charge in [-0.15, -0.1) is 0 Å². The molecule has 1 unspecified atom stereocenters. The predicted molar refractivity (Wildman–Crippen MR) is 161 cm³/mol. The molecule has 0 aliphatic rings. The van der Waals surface area contributed by atoms with Crippen LogP contribution in [-0.2, 0) is 16.0 Å². The van der Waals surface area contributed by atoms with Crippen LogP contribution in [0.15, 0.2) is 47.0 Å². The fourth-order valence-electron chi connectivity index (χ4n) is 4.03. The maximum Gasteiger partial charge on any atom is 0.259 e. The van der Waals surface area contributed by atoms with Gasteiger partial charge in [0, 0.05) is 33.9 Å². The third-order valence-corrected chi connectivity index (χ3v) is 7.15.